The third-order valence-corrected chi connectivity index (χ3v) is 3.06. The molecule has 2 unspecified atom stereocenters. The van der Waals surface area contributed by atoms with Crippen LogP contribution in [0, 0.1) is 0 Å². The minimum absolute atomic E-state index is 0. The summed E-state index contributed by atoms with van der Waals surface area (Å²) in [6.45, 7) is 1.58. The summed E-state index contributed by atoms with van der Waals surface area (Å²) in [7, 11) is 2.12. The fourth-order valence-corrected chi connectivity index (χ4v) is 2.12. The van der Waals surface area contributed by atoms with Crippen LogP contribution >= 0.6 is 24.8 Å². The molecule has 0 aromatic heterocycles. The molecule has 2 bridgehead atoms. The molecule has 0 radical (unpaired) electrons. The van der Waals surface area contributed by atoms with Crippen molar-refractivity contribution in [2.45, 2.75) is 31.0 Å². The quantitative estimate of drug-likeness (QED) is 0.673. The number of fused-ring (bicyclic) bond motifs is 2. The van der Waals surface area contributed by atoms with Crippen LogP contribution in [-0.2, 0) is 4.74 Å². The van der Waals surface area contributed by atoms with Crippen molar-refractivity contribution in [2.24, 2.45) is 5.73 Å². The zero-order valence-corrected chi connectivity index (χ0v) is 9.50. The first-order valence-corrected chi connectivity index (χ1v) is 4.32. The van der Waals surface area contributed by atoms with Crippen LogP contribution in [0.25, 0.3) is 0 Å². The predicted molar refractivity (Wildman–Crippen MR) is 57.6 cm³/mol. The Balaban J connectivity index is 0.000000720. The second-order valence-corrected chi connectivity index (χ2v) is 3.78. The molecule has 2 fully saturated rings. The second-order valence-electron chi connectivity index (χ2n) is 3.78. The monoisotopic (exact) mass is 228 g/mol. The summed E-state index contributed by atoms with van der Waals surface area (Å²) in [4.78, 5) is 2.29. The van der Waals surface area contributed by atoms with E-state index in [1.807, 2.05) is 0 Å². The Bertz CT molecular complexity index is 158. The molecule has 0 amide bonds. The maximum absolute atomic E-state index is 6.14. The van der Waals surface area contributed by atoms with Gasteiger partial charge in [-0.3, -0.25) is 4.90 Å². The molecular weight excluding hydrogens is 211 g/mol. The second kappa shape index (κ2) is 4.80. The lowest BCUT2D eigenvalue weighted by molar-refractivity contribution is -0.115. The van der Waals surface area contributed by atoms with Crippen LogP contribution in [0.5, 0.6) is 0 Å². The fraction of sp³-hybridized carbons (Fsp3) is 1.00. The molecule has 0 aromatic rings. The number of nitrogens with zero attached hydrogens (tertiary/aromatic N) is 1. The van der Waals surface area contributed by atoms with E-state index in [9.17, 15) is 0 Å². The number of ether oxygens (including phenoxy) is 1. The number of nitrogens with two attached hydrogens (primary N) is 1. The molecule has 2 N–H and O–H groups in total. The third-order valence-electron chi connectivity index (χ3n) is 3.06. The van der Waals surface area contributed by atoms with Crippen LogP contribution in [0.2, 0.25) is 0 Å². The van der Waals surface area contributed by atoms with Crippen LogP contribution in [0.4, 0.5) is 0 Å². The minimum Gasteiger partial charge on any atom is -0.377 e. The van der Waals surface area contributed by atoms with E-state index in [1.165, 1.54) is 12.8 Å². The van der Waals surface area contributed by atoms with E-state index in [1.54, 1.807) is 0 Å². The first-order valence-electron chi connectivity index (χ1n) is 4.32. The Morgan fingerprint density at radius 1 is 1.46 bits per heavy atom. The lowest BCUT2D eigenvalue weighted by Crippen LogP contribution is -2.67. The van der Waals surface area contributed by atoms with Crippen molar-refractivity contribution in [1.29, 1.82) is 0 Å². The zero-order valence-electron chi connectivity index (χ0n) is 7.86. The third kappa shape index (κ3) is 2.28. The number of likely N-dealkylation sites (N-methyl/N-ethyl adjacent to an activating group) is 1. The smallest absolute Gasteiger partial charge is 0.0928 e. The number of piperidine rings is 1. The largest absolute Gasteiger partial charge is 0.377 e. The van der Waals surface area contributed by atoms with Crippen LogP contribution < -0.4 is 5.73 Å². The maximum atomic E-state index is 6.14. The van der Waals surface area contributed by atoms with E-state index < -0.39 is 0 Å². The average molecular weight is 229 g/mol. The van der Waals surface area contributed by atoms with Gasteiger partial charge in [0.05, 0.1) is 18.9 Å². The highest BCUT2D eigenvalue weighted by molar-refractivity contribution is 5.85. The van der Waals surface area contributed by atoms with Crippen molar-refractivity contribution in [3.8, 4) is 0 Å². The Labute approximate surface area is 91.8 Å². The van der Waals surface area contributed by atoms with Gasteiger partial charge in [-0.15, -0.1) is 24.8 Å². The van der Waals surface area contributed by atoms with Gasteiger partial charge in [-0.1, -0.05) is 0 Å². The SMILES string of the molecule is CN1C2CCCC1(N)COC2.Cl.Cl. The predicted octanol–water partition coefficient (Wildman–Crippen LogP) is 0.999. The summed E-state index contributed by atoms with van der Waals surface area (Å²) in [5.74, 6) is 0. The fourth-order valence-electron chi connectivity index (χ4n) is 2.12. The van der Waals surface area contributed by atoms with Crippen LogP contribution in [-0.4, -0.2) is 36.9 Å². The van der Waals surface area contributed by atoms with Crippen molar-refractivity contribution < 1.29 is 4.74 Å². The highest BCUT2D eigenvalue weighted by Crippen LogP contribution is 2.30. The van der Waals surface area contributed by atoms with Crippen LogP contribution in [0.1, 0.15) is 19.3 Å². The van der Waals surface area contributed by atoms with Gasteiger partial charge in [0.2, 0.25) is 0 Å². The summed E-state index contributed by atoms with van der Waals surface area (Å²) in [5.41, 5.74) is 5.99. The summed E-state index contributed by atoms with van der Waals surface area (Å²) in [6.07, 6.45) is 3.59. The molecule has 13 heavy (non-hydrogen) atoms. The summed E-state index contributed by atoms with van der Waals surface area (Å²) in [6, 6.07) is 0.572. The Hall–Kier alpha value is 0.460. The van der Waals surface area contributed by atoms with E-state index in [2.05, 4.69) is 11.9 Å². The van der Waals surface area contributed by atoms with Gasteiger partial charge in [-0.05, 0) is 26.3 Å². The number of rotatable bonds is 0. The topological polar surface area (TPSA) is 38.5 Å². The molecule has 80 valence electrons. The van der Waals surface area contributed by atoms with Gasteiger partial charge in [0.25, 0.3) is 0 Å². The lowest BCUT2D eigenvalue weighted by Gasteiger charge is -2.50. The Morgan fingerprint density at radius 3 is 2.69 bits per heavy atom. The Morgan fingerprint density at radius 2 is 2.15 bits per heavy atom. The average Bonchev–Trinajstić information content (AvgIpc) is 1.93. The molecule has 2 aliphatic heterocycles. The maximum Gasteiger partial charge on any atom is 0.0928 e. The van der Waals surface area contributed by atoms with Gasteiger partial charge in [-0.25, -0.2) is 0 Å². The number of halogens is 2. The molecule has 2 aliphatic rings. The van der Waals surface area contributed by atoms with Gasteiger partial charge in [-0.2, -0.15) is 0 Å². The van der Waals surface area contributed by atoms with Crippen LogP contribution in [0.3, 0.4) is 0 Å². The van der Waals surface area contributed by atoms with Crippen molar-refractivity contribution >= 4 is 24.8 Å². The van der Waals surface area contributed by atoms with Gasteiger partial charge in [0, 0.05) is 6.04 Å². The first-order chi connectivity index (χ1) is 5.22. The summed E-state index contributed by atoms with van der Waals surface area (Å²) < 4.78 is 5.44. The van der Waals surface area contributed by atoms with Gasteiger partial charge >= 0.3 is 0 Å². The molecule has 2 atom stereocenters. The van der Waals surface area contributed by atoms with E-state index in [4.69, 9.17) is 10.5 Å². The van der Waals surface area contributed by atoms with Crippen molar-refractivity contribution in [2.75, 3.05) is 20.3 Å². The molecule has 5 heteroatoms. The molecule has 0 saturated carbocycles. The normalized spacial score (nSPS) is 38.8. The first kappa shape index (κ1) is 13.5. The summed E-state index contributed by atoms with van der Waals surface area (Å²) >= 11 is 0. The molecule has 0 aromatic carbocycles. The van der Waals surface area contributed by atoms with E-state index in [-0.39, 0.29) is 30.5 Å². The van der Waals surface area contributed by atoms with Gasteiger partial charge in [0.15, 0.2) is 0 Å². The highest BCUT2D eigenvalue weighted by atomic mass is 35.5. The summed E-state index contributed by atoms with van der Waals surface area (Å²) in [5, 5.41) is 0. The Kier molecular flexibility index (Phi) is 4.97. The number of hydrogen-bond acceptors (Lipinski definition) is 3. The van der Waals surface area contributed by atoms with Crippen molar-refractivity contribution in [1.82, 2.24) is 4.90 Å². The minimum atomic E-state index is -0.152. The molecule has 2 heterocycles. The molecule has 0 spiro atoms. The lowest BCUT2D eigenvalue weighted by atomic mass is 9.90. The number of hydrogen-bond donors (Lipinski definition) is 1. The standard InChI is InChI=1S/C8H16N2O.2ClH/c1-10-7-3-2-4-8(10,9)6-11-5-7;;/h7H,2-6,9H2,1H3;2*1H. The molecule has 2 rings (SSSR count). The van der Waals surface area contributed by atoms with E-state index in [0.717, 1.165) is 13.0 Å². The van der Waals surface area contributed by atoms with Gasteiger partial charge in [0.1, 0.15) is 0 Å². The van der Waals surface area contributed by atoms with Crippen LogP contribution in [0.15, 0.2) is 0 Å². The molecular formula is C8H18Cl2N2O. The highest BCUT2D eigenvalue weighted by Gasteiger charge is 2.41. The van der Waals surface area contributed by atoms with Crippen molar-refractivity contribution in [3.63, 3.8) is 0 Å². The van der Waals surface area contributed by atoms with Crippen molar-refractivity contribution in [3.05, 3.63) is 0 Å². The molecule has 3 nitrogen and oxygen atoms in total. The van der Waals surface area contributed by atoms with E-state index in [0.29, 0.717) is 12.6 Å². The zero-order chi connectivity index (χ0) is 7.90. The van der Waals surface area contributed by atoms with Gasteiger partial charge < -0.3 is 10.5 Å². The number of morpholine rings is 1. The molecule has 2 saturated heterocycles. The van der Waals surface area contributed by atoms with E-state index >= 15 is 0 Å². The molecule has 0 aliphatic carbocycles.